The minimum atomic E-state index is -1.32. The highest BCUT2D eigenvalue weighted by atomic mass is 28.3. The topological polar surface area (TPSA) is 31.0 Å². The van der Waals surface area contributed by atoms with E-state index in [1.807, 2.05) is 13.8 Å². The third kappa shape index (κ3) is 5.41. The van der Waals surface area contributed by atoms with E-state index in [2.05, 4.69) is 0 Å². The number of epoxide rings is 1. The van der Waals surface area contributed by atoms with Crippen LogP contribution in [0, 0.1) is 0 Å². The predicted octanol–water partition coefficient (Wildman–Crippen LogP) is 1.46. The first-order valence-electron chi connectivity index (χ1n) is 5.21. The zero-order valence-electron chi connectivity index (χ0n) is 8.62. The van der Waals surface area contributed by atoms with E-state index < -0.39 is 9.28 Å². The van der Waals surface area contributed by atoms with Gasteiger partial charge in [-0.3, -0.25) is 0 Å². The van der Waals surface area contributed by atoms with E-state index in [9.17, 15) is 0 Å². The van der Waals surface area contributed by atoms with Gasteiger partial charge in [-0.25, -0.2) is 0 Å². The van der Waals surface area contributed by atoms with E-state index in [0.717, 1.165) is 25.9 Å². The number of hydrogen-bond donors (Lipinski definition) is 0. The molecule has 0 aromatic carbocycles. The maximum Gasteiger partial charge on any atom is 0.321 e. The Morgan fingerprint density at radius 3 is 2.38 bits per heavy atom. The lowest BCUT2D eigenvalue weighted by Crippen LogP contribution is -2.22. The Kier molecular flexibility index (Phi) is 5.62. The van der Waals surface area contributed by atoms with Crippen LogP contribution in [-0.2, 0) is 13.6 Å². The molecule has 4 heteroatoms. The Morgan fingerprint density at radius 1 is 1.31 bits per heavy atom. The summed E-state index contributed by atoms with van der Waals surface area (Å²) < 4.78 is 16.3. The van der Waals surface area contributed by atoms with Crippen LogP contribution in [0.2, 0.25) is 6.04 Å². The van der Waals surface area contributed by atoms with E-state index in [0.29, 0.717) is 6.10 Å². The second-order valence-corrected chi connectivity index (χ2v) is 5.33. The summed E-state index contributed by atoms with van der Waals surface area (Å²) in [6, 6.07) is 1.13. The molecular formula is C9H20O3Si. The molecule has 0 aromatic heterocycles. The molecule has 1 atom stereocenters. The van der Waals surface area contributed by atoms with E-state index in [1.54, 1.807) is 0 Å². The first-order valence-corrected chi connectivity index (χ1v) is 6.97. The van der Waals surface area contributed by atoms with Gasteiger partial charge in [0.1, 0.15) is 0 Å². The molecule has 1 heterocycles. The number of ether oxygens (including phenoxy) is 1. The zero-order chi connectivity index (χ0) is 9.52. The third-order valence-corrected chi connectivity index (χ3v) is 4.36. The molecule has 78 valence electrons. The van der Waals surface area contributed by atoms with E-state index in [1.165, 1.54) is 12.8 Å². The summed E-state index contributed by atoms with van der Waals surface area (Å²) in [6.45, 7) is 6.61. The van der Waals surface area contributed by atoms with Gasteiger partial charge < -0.3 is 13.6 Å². The van der Waals surface area contributed by atoms with Gasteiger partial charge in [0.2, 0.25) is 0 Å². The van der Waals surface area contributed by atoms with Gasteiger partial charge in [-0.1, -0.05) is 0 Å². The Bertz CT molecular complexity index is 122. The minimum absolute atomic E-state index is 0.554. The minimum Gasteiger partial charge on any atom is -0.397 e. The lowest BCUT2D eigenvalue weighted by molar-refractivity contribution is 0.212. The van der Waals surface area contributed by atoms with Gasteiger partial charge in [0.25, 0.3) is 0 Å². The van der Waals surface area contributed by atoms with E-state index in [-0.39, 0.29) is 0 Å². The standard InChI is InChI=1S/C9H20O3Si/c1-3-11-13(12-4-2)7-5-6-9-8-10-9/h9,13H,3-8H2,1-2H3. The van der Waals surface area contributed by atoms with Gasteiger partial charge in [-0.05, 0) is 32.7 Å². The fourth-order valence-corrected chi connectivity index (χ4v) is 3.08. The monoisotopic (exact) mass is 204 g/mol. The van der Waals surface area contributed by atoms with E-state index >= 15 is 0 Å². The SMILES string of the molecule is CCO[SiH](CCCC1CO1)OCC. The highest BCUT2D eigenvalue weighted by molar-refractivity contribution is 6.44. The summed E-state index contributed by atoms with van der Waals surface area (Å²) in [6.07, 6.45) is 2.93. The molecule has 3 nitrogen and oxygen atoms in total. The molecule has 13 heavy (non-hydrogen) atoms. The fourth-order valence-electron chi connectivity index (χ4n) is 1.33. The molecule has 1 rings (SSSR count). The van der Waals surface area contributed by atoms with Crippen molar-refractivity contribution < 1.29 is 13.6 Å². The van der Waals surface area contributed by atoms with Crippen LogP contribution < -0.4 is 0 Å². The molecule has 0 spiro atoms. The van der Waals surface area contributed by atoms with Crippen LogP contribution >= 0.6 is 0 Å². The predicted molar refractivity (Wildman–Crippen MR) is 54.2 cm³/mol. The third-order valence-electron chi connectivity index (χ3n) is 2.07. The maximum absolute atomic E-state index is 5.56. The van der Waals surface area contributed by atoms with Gasteiger partial charge >= 0.3 is 9.28 Å². The molecule has 0 amide bonds. The lowest BCUT2D eigenvalue weighted by atomic mass is 10.3. The number of rotatable bonds is 8. The quantitative estimate of drug-likeness (QED) is 0.443. The average molecular weight is 204 g/mol. The Morgan fingerprint density at radius 2 is 1.92 bits per heavy atom. The van der Waals surface area contributed by atoms with Crippen molar-refractivity contribution in [2.75, 3.05) is 19.8 Å². The summed E-state index contributed by atoms with van der Waals surface area (Å²) in [4.78, 5) is 0. The Balaban J connectivity index is 1.98. The average Bonchev–Trinajstić information content (AvgIpc) is 2.89. The second-order valence-electron chi connectivity index (χ2n) is 3.23. The van der Waals surface area contributed by atoms with Crippen molar-refractivity contribution in [2.45, 2.75) is 38.8 Å². The molecule has 1 unspecified atom stereocenters. The van der Waals surface area contributed by atoms with Crippen LogP contribution in [0.15, 0.2) is 0 Å². The van der Waals surface area contributed by atoms with Crippen molar-refractivity contribution >= 4 is 9.28 Å². The highest BCUT2D eigenvalue weighted by Gasteiger charge is 2.22. The number of hydrogen-bond acceptors (Lipinski definition) is 3. The first-order chi connectivity index (χ1) is 6.36. The van der Waals surface area contributed by atoms with Crippen molar-refractivity contribution in [3.8, 4) is 0 Å². The summed E-state index contributed by atoms with van der Waals surface area (Å²) in [5, 5.41) is 0. The van der Waals surface area contributed by atoms with E-state index in [4.69, 9.17) is 13.6 Å². The molecule has 0 saturated carbocycles. The largest absolute Gasteiger partial charge is 0.397 e. The van der Waals surface area contributed by atoms with Crippen LogP contribution in [0.5, 0.6) is 0 Å². The highest BCUT2D eigenvalue weighted by Crippen LogP contribution is 2.17. The van der Waals surface area contributed by atoms with Crippen LogP contribution in [-0.4, -0.2) is 35.2 Å². The maximum atomic E-state index is 5.56. The van der Waals surface area contributed by atoms with Crippen molar-refractivity contribution in [1.82, 2.24) is 0 Å². The molecule has 0 N–H and O–H groups in total. The molecule has 0 aliphatic carbocycles. The van der Waals surface area contributed by atoms with Crippen molar-refractivity contribution in [3.05, 3.63) is 0 Å². The summed E-state index contributed by atoms with van der Waals surface area (Å²) in [5.74, 6) is 0. The fraction of sp³-hybridized carbons (Fsp3) is 1.00. The van der Waals surface area contributed by atoms with Crippen LogP contribution in [0.3, 0.4) is 0 Å². The molecule has 0 aromatic rings. The lowest BCUT2D eigenvalue weighted by Gasteiger charge is -2.13. The Labute approximate surface area is 82.2 Å². The summed E-state index contributed by atoms with van der Waals surface area (Å²) in [5.41, 5.74) is 0. The molecule has 1 saturated heterocycles. The molecule has 1 aliphatic rings. The molecule has 0 radical (unpaired) electrons. The van der Waals surface area contributed by atoms with Crippen molar-refractivity contribution in [1.29, 1.82) is 0 Å². The van der Waals surface area contributed by atoms with Crippen LogP contribution in [0.4, 0.5) is 0 Å². The van der Waals surface area contributed by atoms with Gasteiger partial charge in [0.05, 0.1) is 12.7 Å². The van der Waals surface area contributed by atoms with Crippen LogP contribution in [0.1, 0.15) is 26.7 Å². The summed E-state index contributed by atoms with van der Waals surface area (Å²) in [7, 11) is -1.32. The second kappa shape index (κ2) is 6.54. The zero-order valence-corrected chi connectivity index (χ0v) is 9.78. The first kappa shape index (κ1) is 11.2. The van der Waals surface area contributed by atoms with Crippen molar-refractivity contribution in [2.24, 2.45) is 0 Å². The smallest absolute Gasteiger partial charge is 0.321 e. The molecule has 1 aliphatic heterocycles. The summed E-state index contributed by atoms with van der Waals surface area (Å²) >= 11 is 0. The van der Waals surface area contributed by atoms with Crippen LogP contribution in [0.25, 0.3) is 0 Å². The normalized spacial score (nSPS) is 21.0. The van der Waals surface area contributed by atoms with Gasteiger partial charge in [-0.15, -0.1) is 0 Å². The van der Waals surface area contributed by atoms with Gasteiger partial charge in [-0.2, -0.15) is 0 Å². The van der Waals surface area contributed by atoms with Gasteiger partial charge in [0, 0.05) is 13.2 Å². The molecule has 1 fully saturated rings. The van der Waals surface area contributed by atoms with Gasteiger partial charge in [0.15, 0.2) is 0 Å². The molecule has 0 bridgehead atoms. The Hall–Kier alpha value is 0.0969. The van der Waals surface area contributed by atoms with Crippen molar-refractivity contribution in [3.63, 3.8) is 0 Å². The molecular weight excluding hydrogens is 184 g/mol.